The van der Waals surface area contributed by atoms with Crippen LogP contribution in [-0.4, -0.2) is 50.9 Å². The first-order chi connectivity index (χ1) is 16.0. The maximum atomic E-state index is 14.0. The van der Waals surface area contributed by atoms with Crippen LogP contribution in [0.3, 0.4) is 0 Å². The fraction of sp³-hybridized carbons (Fsp3) is 0.348. The van der Waals surface area contributed by atoms with E-state index in [-0.39, 0.29) is 11.1 Å². The number of rotatable bonds is 1. The number of halogens is 3. The van der Waals surface area contributed by atoms with Gasteiger partial charge < -0.3 is 9.64 Å². The van der Waals surface area contributed by atoms with E-state index >= 15 is 0 Å². The van der Waals surface area contributed by atoms with Gasteiger partial charge >= 0.3 is 0 Å². The molecule has 0 aliphatic carbocycles. The van der Waals surface area contributed by atoms with Crippen LogP contribution >= 0.6 is 0 Å². The number of piperidine rings is 1. The molecule has 2 aliphatic rings. The molecule has 0 atom stereocenters. The predicted molar refractivity (Wildman–Crippen MR) is 114 cm³/mol. The Morgan fingerprint density at radius 2 is 1.85 bits per heavy atom. The second-order valence-corrected chi connectivity index (χ2v) is 8.61. The van der Waals surface area contributed by atoms with Crippen molar-refractivity contribution in [1.29, 1.82) is 0 Å². The summed E-state index contributed by atoms with van der Waals surface area (Å²) in [5, 5.41) is 7.61. The molecule has 0 bridgehead atoms. The monoisotopic (exact) mass is 452 g/mol. The van der Waals surface area contributed by atoms with Crippen LogP contribution in [0.4, 0.5) is 19.1 Å². The number of benzene rings is 1. The molecule has 3 aromatic heterocycles. The van der Waals surface area contributed by atoms with Crippen molar-refractivity contribution < 1.29 is 17.9 Å². The van der Waals surface area contributed by atoms with Gasteiger partial charge in [-0.25, -0.2) is 18.2 Å². The largest absolute Gasteiger partial charge is 0.381 e. The smallest absolute Gasteiger partial charge is 0.213 e. The first-order valence-electron chi connectivity index (χ1n) is 10.7. The fourth-order valence-electron chi connectivity index (χ4n) is 4.75. The Balaban J connectivity index is 1.38. The van der Waals surface area contributed by atoms with Gasteiger partial charge in [0, 0.05) is 44.2 Å². The van der Waals surface area contributed by atoms with E-state index in [0.29, 0.717) is 28.8 Å². The highest BCUT2D eigenvalue weighted by molar-refractivity contribution is 5.94. The van der Waals surface area contributed by atoms with E-state index < -0.39 is 23.0 Å². The summed E-state index contributed by atoms with van der Waals surface area (Å²) < 4.78 is 48.6. The molecular weight excluding hydrogens is 433 g/mol. The molecule has 2 aliphatic heterocycles. The van der Waals surface area contributed by atoms with Gasteiger partial charge in [-0.2, -0.15) is 10.1 Å². The van der Waals surface area contributed by atoms with Crippen molar-refractivity contribution >= 4 is 22.6 Å². The number of imidazole rings is 1. The van der Waals surface area contributed by atoms with Crippen molar-refractivity contribution in [1.82, 2.24) is 24.6 Å². The lowest BCUT2D eigenvalue weighted by atomic mass is 9.78. The third-order valence-electron chi connectivity index (χ3n) is 6.64. The number of H-pyrrole nitrogens is 1. The van der Waals surface area contributed by atoms with Crippen LogP contribution in [0.15, 0.2) is 24.5 Å². The molecule has 0 unspecified atom stereocenters. The molecule has 1 spiro atoms. The first kappa shape index (κ1) is 20.1. The Hall–Kier alpha value is -3.58. The van der Waals surface area contributed by atoms with Crippen molar-refractivity contribution in [2.75, 3.05) is 31.2 Å². The van der Waals surface area contributed by atoms with Crippen LogP contribution in [0, 0.1) is 34.7 Å². The zero-order valence-corrected chi connectivity index (χ0v) is 17.5. The summed E-state index contributed by atoms with van der Waals surface area (Å²) in [6, 6.07) is 1.19. The highest BCUT2D eigenvalue weighted by Crippen LogP contribution is 2.40. The molecular formula is C23H19F3N6O. The summed E-state index contributed by atoms with van der Waals surface area (Å²) in [6.07, 6.45) is 6.67. The minimum Gasteiger partial charge on any atom is -0.381 e. The number of aromatic amines is 1. The van der Waals surface area contributed by atoms with Gasteiger partial charge in [0.25, 0.3) is 0 Å². The van der Waals surface area contributed by atoms with Gasteiger partial charge in [0.15, 0.2) is 11.3 Å². The van der Waals surface area contributed by atoms with Crippen LogP contribution in [0.5, 0.6) is 0 Å². The Kier molecular flexibility index (Phi) is 4.55. The molecule has 10 heteroatoms. The van der Waals surface area contributed by atoms with Crippen LogP contribution in [0.2, 0.25) is 0 Å². The van der Waals surface area contributed by atoms with Gasteiger partial charge in [-0.15, -0.1) is 0 Å². The van der Waals surface area contributed by atoms with Gasteiger partial charge in [-0.3, -0.25) is 9.50 Å². The van der Waals surface area contributed by atoms with Crippen molar-refractivity contribution in [2.24, 2.45) is 5.41 Å². The fourth-order valence-corrected chi connectivity index (χ4v) is 4.75. The van der Waals surface area contributed by atoms with E-state index in [9.17, 15) is 13.2 Å². The molecule has 2 saturated heterocycles. The number of fused-ring (bicyclic) bond motifs is 3. The van der Waals surface area contributed by atoms with Crippen molar-refractivity contribution in [3.8, 4) is 11.8 Å². The third kappa shape index (κ3) is 3.31. The van der Waals surface area contributed by atoms with E-state index in [4.69, 9.17) is 9.72 Å². The molecule has 0 radical (unpaired) electrons. The van der Waals surface area contributed by atoms with Crippen molar-refractivity contribution in [3.05, 3.63) is 53.2 Å². The molecule has 33 heavy (non-hydrogen) atoms. The standard InChI is InChI=1S/C23H19F3N6O/c24-14-11-16(25)15(17(26)12-14)1-2-18-19-20(30-29-18)28-22(32-9-6-27-21(19)32)31-7-3-23(4-8-31)5-10-33-13-23/h6,9,11-12H,3-5,7-8,10,13H2,(H,29,30). The molecule has 6 rings (SSSR count). The molecule has 5 heterocycles. The number of aromatic nitrogens is 5. The van der Waals surface area contributed by atoms with E-state index in [1.54, 1.807) is 6.20 Å². The van der Waals surface area contributed by atoms with Gasteiger partial charge in [0.05, 0.1) is 17.6 Å². The lowest BCUT2D eigenvalue weighted by molar-refractivity contribution is 0.133. The van der Waals surface area contributed by atoms with E-state index in [1.165, 1.54) is 0 Å². The van der Waals surface area contributed by atoms with Gasteiger partial charge in [-0.05, 0) is 30.6 Å². The Bertz CT molecular complexity index is 1410. The maximum Gasteiger partial charge on any atom is 0.213 e. The zero-order valence-electron chi connectivity index (χ0n) is 17.5. The highest BCUT2D eigenvalue weighted by atomic mass is 19.1. The molecule has 168 valence electrons. The van der Waals surface area contributed by atoms with Crippen molar-refractivity contribution in [3.63, 3.8) is 0 Å². The quantitative estimate of drug-likeness (QED) is 0.448. The van der Waals surface area contributed by atoms with Crippen LogP contribution in [0.1, 0.15) is 30.5 Å². The molecule has 0 amide bonds. The van der Waals surface area contributed by atoms with Gasteiger partial charge in [0.2, 0.25) is 5.95 Å². The second-order valence-electron chi connectivity index (χ2n) is 8.61. The van der Waals surface area contributed by atoms with Crippen LogP contribution in [-0.2, 0) is 4.74 Å². The lowest BCUT2D eigenvalue weighted by Gasteiger charge is -2.38. The summed E-state index contributed by atoms with van der Waals surface area (Å²) in [6.45, 7) is 3.38. The topological polar surface area (TPSA) is 71.3 Å². The van der Waals surface area contributed by atoms with Gasteiger partial charge in [-0.1, -0.05) is 5.92 Å². The Labute approximate surface area is 186 Å². The summed E-state index contributed by atoms with van der Waals surface area (Å²) >= 11 is 0. The minimum atomic E-state index is -1.07. The Morgan fingerprint density at radius 3 is 2.58 bits per heavy atom. The third-order valence-corrected chi connectivity index (χ3v) is 6.64. The number of anilines is 1. The van der Waals surface area contributed by atoms with Crippen molar-refractivity contribution in [2.45, 2.75) is 19.3 Å². The molecule has 1 N–H and O–H groups in total. The Morgan fingerprint density at radius 1 is 1.06 bits per heavy atom. The molecule has 7 nitrogen and oxygen atoms in total. The number of nitrogens with one attached hydrogen (secondary N) is 1. The average molecular weight is 452 g/mol. The van der Waals surface area contributed by atoms with E-state index in [2.05, 4.69) is 31.9 Å². The van der Waals surface area contributed by atoms with E-state index in [0.717, 1.165) is 51.5 Å². The number of nitrogens with zero attached hydrogens (tertiary/aromatic N) is 5. The summed E-state index contributed by atoms with van der Waals surface area (Å²) in [5.74, 6) is 2.73. The first-order valence-corrected chi connectivity index (χ1v) is 10.7. The lowest BCUT2D eigenvalue weighted by Crippen LogP contribution is -2.41. The number of hydrogen-bond donors (Lipinski definition) is 1. The average Bonchev–Trinajstić information content (AvgIpc) is 3.53. The SMILES string of the molecule is Fc1cc(F)c(C#Cc2n[nH]c3nc(N4CCC5(CCOC5)CC4)n4ccnc4c23)c(F)c1. The number of hydrogen-bond acceptors (Lipinski definition) is 5. The molecule has 2 fully saturated rings. The second kappa shape index (κ2) is 7.49. The summed E-state index contributed by atoms with van der Waals surface area (Å²) in [5.41, 5.74) is 1.09. The van der Waals surface area contributed by atoms with Gasteiger partial charge in [0.1, 0.15) is 23.1 Å². The number of ether oxygens (including phenoxy) is 1. The summed E-state index contributed by atoms with van der Waals surface area (Å²) in [4.78, 5) is 11.5. The summed E-state index contributed by atoms with van der Waals surface area (Å²) in [7, 11) is 0. The molecule has 0 saturated carbocycles. The normalized spacial score (nSPS) is 17.7. The minimum absolute atomic E-state index is 0.254. The highest BCUT2D eigenvalue weighted by Gasteiger charge is 2.38. The predicted octanol–water partition coefficient (Wildman–Crippen LogP) is 3.43. The maximum absolute atomic E-state index is 14.0. The zero-order chi connectivity index (χ0) is 22.6. The van der Waals surface area contributed by atoms with Crippen LogP contribution < -0.4 is 4.90 Å². The molecule has 1 aromatic carbocycles. The molecule has 4 aromatic rings. The van der Waals surface area contributed by atoms with E-state index in [1.807, 2.05) is 10.6 Å². The van der Waals surface area contributed by atoms with Crippen LogP contribution in [0.25, 0.3) is 16.7 Å².